The van der Waals surface area contributed by atoms with Crippen molar-refractivity contribution in [2.75, 3.05) is 11.9 Å². The molecule has 2 aromatic heterocycles. The minimum Gasteiger partial charge on any atom is -0.346 e. The van der Waals surface area contributed by atoms with E-state index < -0.39 is 18.8 Å². The summed E-state index contributed by atoms with van der Waals surface area (Å²) in [7, 11) is 0. The van der Waals surface area contributed by atoms with Gasteiger partial charge in [-0.05, 0) is 55.4 Å². The summed E-state index contributed by atoms with van der Waals surface area (Å²) < 4.78 is 37.5. The standard InChI is InChI=1S/C21H22F3N5O2/c22-21(23,24)10-26-20(31)29-13-3-4-14(29)8-12(7-13)16-9-17(28-19(30)11-1-2-11)27-18-15(16)5-6-25-18/h5-7,9,11,13-14H,1-4,8,10H2,(H,26,31)(H2,25,27,28,30). The lowest BCUT2D eigenvalue weighted by Crippen LogP contribution is -2.50. The summed E-state index contributed by atoms with van der Waals surface area (Å²) >= 11 is 0. The topological polar surface area (TPSA) is 90.1 Å². The molecule has 2 unspecified atom stereocenters. The monoisotopic (exact) mass is 433 g/mol. The molecule has 3 N–H and O–H groups in total. The number of aromatic amines is 1. The lowest BCUT2D eigenvalue weighted by Gasteiger charge is -2.34. The summed E-state index contributed by atoms with van der Waals surface area (Å²) in [6, 6.07) is 2.66. The van der Waals surface area contributed by atoms with E-state index in [4.69, 9.17) is 0 Å². The van der Waals surface area contributed by atoms with Crippen LogP contribution in [0.5, 0.6) is 0 Å². The number of halogens is 3. The second kappa shape index (κ2) is 7.28. The molecule has 7 nitrogen and oxygen atoms in total. The van der Waals surface area contributed by atoms with E-state index >= 15 is 0 Å². The number of hydrogen-bond donors (Lipinski definition) is 3. The Morgan fingerprint density at radius 3 is 2.74 bits per heavy atom. The minimum absolute atomic E-state index is 0.0328. The number of aromatic nitrogens is 2. The maximum absolute atomic E-state index is 12.5. The van der Waals surface area contributed by atoms with Crippen molar-refractivity contribution in [1.82, 2.24) is 20.2 Å². The second-order valence-electron chi connectivity index (χ2n) is 8.43. The SMILES string of the molecule is O=C(Nc1cc(C2=CC3CCC(C2)N3C(=O)NCC(F)(F)F)c2cc[nH]c2n1)C1CC1. The molecule has 2 bridgehead atoms. The summed E-state index contributed by atoms with van der Waals surface area (Å²) in [5.74, 6) is 0.494. The molecule has 5 rings (SSSR count). The van der Waals surface area contributed by atoms with Crippen molar-refractivity contribution in [2.24, 2.45) is 5.92 Å². The second-order valence-corrected chi connectivity index (χ2v) is 8.43. The van der Waals surface area contributed by atoms with Gasteiger partial charge in [-0.3, -0.25) is 4.79 Å². The van der Waals surface area contributed by atoms with E-state index in [1.165, 1.54) is 4.90 Å². The quantitative estimate of drug-likeness (QED) is 0.685. The van der Waals surface area contributed by atoms with Crippen LogP contribution >= 0.6 is 0 Å². The molecule has 0 spiro atoms. The number of nitrogens with one attached hydrogen (secondary N) is 3. The summed E-state index contributed by atoms with van der Waals surface area (Å²) in [5.41, 5.74) is 2.59. The van der Waals surface area contributed by atoms with Gasteiger partial charge in [0.1, 0.15) is 18.0 Å². The minimum atomic E-state index is -4.44. The first-order valence-electron chi connectivity index (χ1n) is 10.4. The fraction of sp³-hybridized carbons (Fsp3) is 0.476. The van der Waals surface area contributed by atoms with Crippen LogP contribution in [0.1, 0.15) is 37.7 Å². The fourth-order valence-electron chi connectivity index (χ4n) is 4.55. The van der Waals surface area contributed by atoms with Gasteiger partial charge in [-0.1, -0.05) is 6.08 Å². The van der Waals surface area contributed by atoms with Gasteiger partial charge in [-0.15, -0.1) is 0 Å². The summed E-state index contributed by atoms with van der Waals surface area (Å²) in [6.07, 6.45) is 3.07. The highest BCUT2D eigenvalue weighted by Gasteiger charge is 2.41. The molecule has 0 radical (unpaired) electrons. The van der Waals surface area contributed by atoms with Crippen molar-refractivity contribution < 1.29 is 22.8 Å². The molecule has 3 aliphatic rings. The van der Waals surface area contributed by atoms with Crippen LogP contribution in [0.4, 0.5) is 23.8 Å². The van der Waals surface area contributed by atoms with Crippen LogP contribution in [0.15, 0.2) is 24.4 Å². The normalized spacial score (nSPS) is 23.1. The number of carbonyl (C=O) groups excluding carboxylic acids is 2. The molecular weight excluding hydrogens is 411 g/mol. The Bertz CT molecular complexity index is 1070. The lowest BCUT2D eigenvalue weighted by molar-refractivity contribution is -0.123. The molecule has 1 saturated carbocycles. The Kier molecular flexibility index (Phi) is 4.67. The van der Waals surface area contributed by atoms with Crippen LogP contribution < -0.4 is 10.6 Å². The van der Waals surface area contributed by atoms with E-state index in [1.54, 1.807) is 6.20 Å². The Morgan fingerprint density at radius 2 is 2.03 bits per heavy atom. The van der Waals surface area contributed by atoms with Gasteiger partial charge in [0, 0.05) is 23.5 Å². The van der Waals surface area contributed by atoms with Gasteiger partial charge in [0.2, 0.25) is 5.91 Å². The number of alkyl halides is 3. The number of hydrogen-bond acceptors (Lipinski definition) is 3. The third-order valence-corrected chi connectivity index (χ3v) is 6.14. The van der Waals surface area contributed by atoms with E-state index in [2.05, 4.69) is 15.3 Å². The van der Waals surface area contributed by atoms with E-state index in [1.807, 2.05) is 23.5 Å². The predicted molar refractivity (Wildman–Crippen MR) is 108 cm³/mol. The maximum atomic E-state index is 12.5. The average Bonchev–Trinajstić information content (AvgIpc) is 3.41. The van der Waals surface area contributed by atoms with E-state index in [-0.39, 0.29) is 23.9 Å². The van der Waals surface area contributed by atoms with Crippen LogP contribution in [-0.2, 0) is 4.79 Å². The van der Waals surface area contributed by atoms with Gasteiger partial charge in [0.15, 0.2) is 0 Å². The van der Waals surface area contributed by atoms with Crippen molar-refractivity contribution in [3.05, 3.63) is 30.0 Å². The van der Waals surface area contributed by atoms with Crippen molar-refractivity contribution in [3.8, 4) is 0 Å². The molecule has 31 heavy (non-hydrogen) atoms. The Hall–Kier alpha value is -3.04. The number of pyridine rings is 1. The first kappa shape index (κ1) is 19.9. The smallest absolute Gasteiger partial charge is 0.346 e. The predicted octanol–water partition coefficient (Wildman–Crippen LogP) is 3.80. The Balaban J connectivity index is 1.41. The summed E-state index contributed by atoms with van der Waals surface area (Å²) in [4.78, 5) is 33.7. The van der Waals surface area contributed by atoms with Crippen LogP contribution in [0, 0.1) is 5.92 Å². The highest BCUT2D eigenvalue weighted by molar-refractivity contribution is 5.97. The van der Waals surface area contributed by atoms with Gasteiger partial charge < -0.3 is 20.5 Å². The number of nitrogens with zero attached hydrogens (tertiary/aromatic N) is 2. The highest BCUT2D eigenvalue weighted by atomic mass is 19.4. The molecule has 4 heterocycles. The van der Waals surface area contributed by atoms with E-state index in [0.29, 0.717) is 24.3 Å². The number of H-pyrrole nitrogens is 1. The van der Waals surface area contributed by atoms with Crippen LogP contribution in [-0.4, -0.2) is 51.6 Å². The van der Waals surface area contributed by atoms with Gasteiger partial charge in [-0.25, -0.2) is 9.78 Å². The van der Waals surface area contributed by atoms with E-state index in [9.17, 15) is 22.8 Å². The molecule has 0 aromatic carbocycles. The van der Waals surface area contributed by atoms with Crippen LogP contribution in [0.2, 0.25) is 0 Å². The molecule has 10 heteroatoms. The Labute approximate surface area is 176 Å². The number of rotatable bonds is 4. The van der Waals surface area contributed by atoms with Crippen LogP contribution in [0.25, 0.3) is 16.6 Å². The molecule has 3 amide bonds. The zero-order valence-corrected chi connectivity index (χ0v) is 16.6. The van der Waals surface area contributed by atoms with Crippen molar-refractivity contribution in [1.29, 1.82) is 0 Å². The average molecular weight is 433 g/mol. The van der Waals surface area contributed by atoms with Crippen LogP contribution in [0.3, 0.4) is 0 Å². The number of amides is 3. The zero-order chi connectivity index (χ0) is 21.8. The fourth-order valence-corrected chi connectivity index (χ4v) is 4.55. The molecule has 164 valence electrons. The van der Waals surface area contributed by atoms with E-state index in [0.717, 1.165) is 35.8 Å². The molecule has 2 aromatic rings. The zero-order valence-electron chi connectivity index (χ0n) is 16.6. The number of anilines is 1. The third-order valence-electron chi connectivity index (χ3n) is 6.14. The summed E-state index contributed by atoms with van der Waals surface area (Å²) in [5, 5.41) is 5.78. The van der Waals surface area contributed by atoms with Gasteiger partial charge >= 0.3 is 12.2 Å². The number of carbonyl (C=O) groups is 2. The first-order chi connectivity index (χ1) is 14.8. The highest BCUT2D eigenvalue weighted by Crippen LogP contribution is 2.41. The maximum Gasteiger partial charge on any atom is 0.405 e. The molecule has 2 fully saturated rings. The van der Waals surface area contributed by atoms with Gasteiger partial charge in [0.25, 0.3) is 0 Å². The molecule has 2 atom stereocenters. The Morgan fingerprint density at radius 1 is 1.23 bits per heavy atom. The van der Waals surface area contributed by atoms with Gasteiger partial charge in [-0.2, -0.15) is 13.2 Å². The van der Waals surface area contributed by atoms with Crippen molar-refractivity contribution >= 4 is 34.4 Å². The molecule has 1 aliphatic carbocycles. The number of urea groups is 1. The first-order valence-corrected chi connectivity index (χ1v) is 10.4. The molecular formula is C21H22F3N5O2. The summed E-state index contributed by atoms with van der Waals surface area (Å²) in [6.45, 7) is -1.34. The lowest BCUT2D eigenvalue weighted by atomic mass is 9.93. The molecule has 1 saturated heterocycles. The third kappa shape index (κ3) is 3.98. The molecule has 2 aliphatic heterocycles. The van der Waals surface area contributed by atoms with Gasteiger partial charge in [0.05, 0.1) is 6.04 Å². The largest absolute Gasteiger partial charge is 0.405 e. The van der Waals surface area contributed by atoms with Crippen molar-refractivity contribution in [2.45, 2.75) is 50.4 Å². The number of fused-ring (bicyclic) bond motifs is 3. The van der Waals surface area contributed by atoms with Crippen molar-refractivity contribution in [3.63, 3.8) is 0 Å².